The molecule has 1 heterocycles. The van der Waals surface area contributed by atoms with E-state index in [-0.39, 0.29) is 18.7 Å². The molecule has 0 bridgehead atoms. The van der Waals surface area contributed by atoms with Crippen molar-refractivity contribution in [1.82, 2.24) is 10.2 Å². The number of carbonyl (C=O) groups excluding carboxylic acids is 2. The standard InChI is InChI=1S/C17H21F3N2O4/c1-16(2,3)26-15(25)22-8-12(13(23)9-22)21-14(24)10-4-6-11(7-5-10)17(18,19)20/h4-7,12-13,23H,8-9H2,1-3H3,(H,21,24). The fourth-order valence-electron chi connectivity index (χ4n) is 2.47. The summed E-state index contributed by atoms with van der Waals surface area (Å²) in [7, 11) is 0. The lowest BCUT2D eigenvalue weighted by Crippen LogP contribution is -2.43. The van der Waals surface area contributed by atoms with Crippen LogP contribution in [0.3, 0.4) is 0 Å². The highest BCUT2D eigenvalue weighted by Crippen LogP contribution is 2.29. The number of amides is 2. The van der Waals surface area contributed by atoms with Crippen LogP contribution in [0.2, 0.25) is 0 Å². The van der Waals surface area contributed by atoms with Gasteiger partial charge in [0, 0.05) is 12.1 Å². The third-order valence-electron chi connectivity index (χ3n) is 3.73. The molecule has 0 spiro atoms. The number of carbonyl (C=O) groups is 2. The van der Waals surface area contributed by atoms with Gasteiger partial charge >= 0.3 is 12.3 Å². The number of likely N-dealkylation sites (tertiary alicyclic amines) is 1. The molecule has 6 nitrogen and oxygen atoms in total. The Labute approximate surface area is 148 Å². The molecule has 1 aliphatic heterocycles. The van der Waals surface area contributed by atoms with Crippen molar-refractivity contribution in [1.29, 1.82) is 0 Å². The molecule has 1 aliphatic rings. The van der Waals surface area contributed by atoms with Gasteiger partial charge in [-0.25, -0.2) is 4.79 Å². The first kappa shape index (κ1) is 20.0. The van der Waals surface area contributed by atoms with Gasteiger partial charge in [-0.15, -0.1) is 0 Å². The Morgan fingerprint density at radius 3 is 2.23 bits per heavy atom. The molecule has 0 radical (unpaired) electrons. The molecule has 0 aromatic heterocycles. The van der Waals surface area contributed by atoms with Crippen LogP contribution in [0.4, 0.5) is 18.0 Å². The molecule has 0 saturated carbocycles. The number of aliphatic hydroxyl groups excluding tert-OH is 1. The average Bonchev–Trinajstić information content (AvgIpc) is 2.86. The number of aliphatic hydroxyl groups is 1. The first-order chi connectivity index (χ1) is 11.9. The Morgan fingerprint density at radius 1 is 1.15 bits per heavy atom. The maximum Gasteiger partial charge on any atom is 0.416 e. The number of benzene rings is 1. The number of nitrogens with zero attached hydrogens (tertiary/aromatic N) is 1. The fraction of sp³-hybridized carbons (Fsp3) is 0.529. The van der Waals surface area contributed by atoms with Crippen molar-refractivity contribution in [2.45, 2.75) is 44.7 Å². The van der Waals surface area contributed by atoms with Gasteiger partial charge in [0.1, 0.15) is 5.60 Å². The second-order valence-electron chi connectivity index (χ2n) is 7.11. The lowest BCUT2D eigenvalue weighted by molar-refractivity contribution is -0.137. The Hall–Kier alpha value is -2.29. The maximum absolute atomic E-state index is 12.6. The predicted molar refractivity (Wildman–Crippen MR) is 86.5 cm³/mol. The molecular weight excluding hydrogens is 353 g/mol. The van der Waals surface area contributed by atoms with E-state index in [1.54, 1.807) is 20.8 Å². The number of rotatable bonds is 2. The molecule has 1 aromatic rings. The van der Waals surface area contributed by atoms with E-state index in [1.807, 2.05) is 0 Å². The Morgan fingerprint density at radius 2 is 1.73 bits per heavy atom. The number of alkyl halides is 3. The van der Waals surface area contributed by atoms with Gasteiger partial charge in [0.05, 0.1) is 24.3 Å². The van der Waals surface area contributed by atoms with Crippen LogP contribution in [0, 0.1) is 0 Å². The van der Waals surface area contributed by atoms with Gasteiger partial charge in [-0.1, -0.05) is 0 Å². The summed E-state index contributed by atoms with van der Waals surface area (Å²) in [6.07, 6.45) is -6.09. The van der Waals surface area contributed by atoms with Crippen LogP contribution < -0.4 is 5.32 Å². The monoisotopic (exact) mass is 374 g/mol. The SMILES string of the molecule is CC(C)(C)OC(=O)N1CC(O)C(NC(=O)c2ccc(C(F)(F)F)cc2)C1. The molecular formula is C17H21F3N2O4. The van der Waals surface area contributed by atoms with E-state index in [0.717, 1.165) is 24.3 Å². The average molecular weight is 374 g/mol. The summed E-state index contributed by atoms with van der Waals surface area (Å²) in [6, 6.07) is 3.01. The summed E-state index contributed by atoms with van der Waals surface area (Å²) in [5, 5.41) is 12.6. The van der Waals surface area contributed by atoms with Crippen molar-refractivity contribution < 1.29 is 32.6 Å². The first-order valence-corrected chi connectivity index (χ1v) is 8.01. The topological polar surface area (TPSA) is 78.9 Å². The Bertz CT molecular complexity index is 668. The van der Waals surface area contributed by atoms with Crippen molar-refractivity contribution in [2.75, 3.05) is 13.1 Å². The third kappa shape index (κ3) is 5.10. The first-order valence-electron chi connectivity index (χ1n) is 8.01. The Kier molecular flexibility index (Phi) is 5.50. The van der Waals surface area contributed by atoms with Gasteiger partial charge in [0.25, 0.3) is 5.91 Å². The second kappa shape index (κ2) is 7.14. The van der Waals surface area contributed by atoms with Gasteiger partial charge < -0.3 is 20.1 Å². The van der Waals surface area contributed by atoms with Crippen LogP contribution >= 0.6 is 0 Å². The molecule has 1 fully saturated rings. The summed E-state index contributed by atoms with van der Waals surface area (Å²) in [6.45, 7) is 5.17. The van der Waals surface area contributed by atoms with Gasteiger partial charge in [-0.3, -0.25) is 4.79 Å². The van der Waals surface area contributed by atoms with Crippen molar-refractivity contribution in [3.63, 3.8) is 0 Å². The van der Waals surface area contributed by atoms with E-state index in [9.17, 15) is 27.9 Å². The zero-order valence-corrected chi connectivity index (χ0v) is 14.6. The van der Waals surface area contributed by atoms with Crippen LogP contribution in [0.5, 0.6) is 0 Å². The molecule has 1 aromatic carbocycles. The van der Waals surface area contributed by atoms with E-state index in [4.69, 9.17) is 4.74 Å². The van der Waals surface area contributed by atoms with Crippen molar-refractivity contribution in [2.24, 2.45) is 0 Å². The summed E-state index contributed by atoms with van der Waals surface area (Å²) < 4.78 is 42.9. The van der Waals surface area contributed by atoms with Gasteiger partial charge in [-0.05, 0) is 45.0 Å². The van der Waals surface area contributed by atoms with Crippen LogP contribution in [0.25, 0.3) is 0 Å². The highest BCUT2D eigenvalue weighted by atomic mass is 19.4. The van der Waals surface area contributed by atoms with E-state index in [1.165, 1.54) is 4.90 Å². The van der Waals surface area contributed by atoms with Crippen LogP contribution in [-0.2, 0) is 10.9 Å². The van der Waals surface area contributed by atoms with Crippen LogP contribution in [0.15, 0.2) is 24.3 Å². The molecule has 9 heteroatoms. The highest BCUT2D eigenvalue weighted by Gasteiger charge is 2.37. The lowest BCUT2D eigenvalue weighted by atomic mass is 10.1. The molecule has 2 atom stereocenters. The smallest absolute Gasteiger partial charge is 0.416 e. The lowest BCUT2D eigenvalue weighted by Gasteiger charge is -2.24. The Balaban J connectivity index is 1.98. The minimum absolute atomic E-state index is 0.00707. The van der Waals surface area contributed by atoms with E-state index in [2.05, 4.69) is 5.32 Å². The second-order valence-corrected chi connectivity index (χ2v) is 7.11. The number of halogens is 3. The maximum atomic E-state index is 12.6. The summed E-state index contributed by atoms with van der Waals surface area (Å²) in [4.78, 5) is 25.5. The van der Waals surface area contributed by atoms with Crippen molar-refractivity contribution in [3.05, 3.63) is 35.4 Å². The molecule has 2 N–H and O–H groups in total. The number of nitrogens with one attached hydrogen (secondary N) is 1. The third-order valence-corrected chi connectivity index (χ3v) is 3.73. The minimum Gasteiger partial charge on any atom is -0.444 e. The van der Waals surface area contributed by atoms with E-state index in [0.29, 0.717) is 0 Å². The molecule has 144 valence electrons. The largest absolute Gasteiger partial charge is 0.444 e. The number of β-amino-alcohol motifs (C(OH)–C–C–N with tert-alkyl or cyclic N) is 1. The van der Waals surface area contributed by atoms with E-state index < -0.39 is 41.5 Å². The van der Waals surface area contributed by atoms with Crippen molar-refractivity contribution >= 4 is 12.0 Å². The normalized spacial score (nSPS) is 20.8. The molecule has 1 saturated heterocycles. The van der Waals surface area contributed by atoms with Gasteiger partial charge in [0.2, 0.25) is 0 Å². The van der Waals surface area contributed by atoms with Crippen molar-refractivity contribution in [3.8, 4) is 0 Å². The summed E-state index contributed by atoms with van der Waals surface area (Å²) in [5.74, 6) is -0.631. The fourth-order valence-corrected chi connectivity index (χ4v) is 2.47. The summed E-state index contributed by atoms with van der Waals surface area (Å²) >= 11 is 0. The van der Waals surface area contributed by atoms with Crippen LogP contribution in [0.1, 0.15) is 36.7 Å². The van der Waals surface area contributed by atoms with Gasteiger partial charge in [0.15, 0.2) is 0 Å². The number of hydrogen-bond acceptors (Lipinski definition) is 4. The molecule has 26 heavy (non-hydrogen) atoms. The highest BCUT2D eigenvalue weighted by molar-refractivity contribution is 5.94. The molecule has 2 rings (SSSR count). The molecule has 2 amide bonds. The predicted octanol–water partition coefficient (Wildman–Crippen LogP) is 2.42. The van der Waals surface area contributed by atoms with Crippen LogP contribution in [-0.4, -0.2) is 52.8 Å². The number of ether oxygens (including phenoxy) is 1. The van der Waals surface area contributed by atoms with E-state index >= 15 is 0 Å². The zero-order valence-electron chi connectivity index (χ0n) is 14.6. The number of hydrogen-bond donors (Lipinski definition) is 2. The molecule has 0 aliphatic carbocycles. The quantitative estimate of drug-likeness (QED) is 0.833. The zero-order chi connectivity index (χ0) is 19.7. The van der Waals surface area contributed by atoms with Gasteiger partial charge in [-0.2, -0.15) is 13.2 Å². The molecule has 2 unspecified atom stereocenters. The minimum atomic E-state index is -4.48. The summed E-state index contributed by atoms with van der Waals surface area (Å²) in [5.41, 5.74) is -1.52.